The molecule has 0 aliphatic carbocycles. The summed E-state index contributed by atoms with van der Waals surface area (Å²) in [5.41, 5.74) is 0. The Balaban J connectivity index is 2.32. The van der Waals surface area contributed by atoms with Crippen molar-refractivity contribution in [3.05, 3.63) is 60.7 Å². The van der Waals surface area contributed by atoms with Crippen LogP contribution in [0.3, 0.4) is 0 Å². The molecule has 0 radical (unpaired) electrons. The SMILES string of the molecule is O=C(C(Oc1ccccc1)C(F)(F)F)C(Oc1ccccc1)C(F)(F)F. The van der Waals surface area contributed by atoms with Crippen molar-refractivity contribution < 1.29 is 40.6 Å². The van der Waals surface area contributed by atoms with Crippen LogP contribution in [0.1, 0.15) is 0 Å². The Hall–Kier alpha value is -2.71. The van der Waals surface area contributed by atoms with Crippen LogP contribution in [0.15, 0.2) is 60.7 Å². The second kappa shape index (κ2) is 7.67. The summed E-state index contributed by atoms with van der Waals surface area (Å²) in [5.74, 6) is -3.09. The van der Waals surface area contributed by atoms with Crippen LogP contribution in [-0.4, -0.2) is 30.3 Å². The molecule has 0 spiro atoms. The minimum absolute atomic E-state index is 0.399. The average molecular weight is 378 g/mol. The summed E-state index contributed by atoms with van der Waals surface area (Å²) < 4.78 is 88.0. The number of ketones is 1. The summed E-state index contributed by atoms with van der Waals surface area (Å²) in [5, 5.41) is 0. The normalized spacial score (nSPS) is 14.4. The molecule has 2 aromatic carbocycles. The van der Waals surface area contributed by atoms with E-state index in [1.807, 2.05) is 0 Å². The van der Waals surface area contributed by atoms with Crippen molar-refractivity contribution >= 4 is 5.78 Å². The van der Waals surface area contributed by atoms with Gasteiger partial charge in [0, 0.05) is 0 Å². The number of hydrogen-bond acceptors (Lipinski definition) is 3. The fourth-order valence-electron chi connectivity index (χ4n) is 1.98. The summed E-state index contributed by atoms with van der Waals surface area (Å²) in [6.45, 7) is 0. The highest BCUT2D eigenvalue weighted by Crippen LogP contribution is 2.32. The predicted octanol–water partition coefficient (Wildman–Crippen LogP) is 4.58. The third-order valence-corrected chi connectivity index (χ3v) is 3.11. The Kier molecular flexibility index (Phi) is 5.79. The topological polar surface area (TPSA) is 35.5 Å². The second-order valence-electron chi connectivity index (χ2n) is 5.11. The first kappa shape index (κ1) is 19.6. The van der Waals surface area contributed by atoms with Gasteiger partial charge in [-0.25, -0.2) is 0 Å². The molecule has 0 aliphatic rings. The summed E-state index contributed by atoms with van der Waals surface area (Å²) in [4.78, 5) is 12.1. The summed E-state index contributed by atoms with van der Waals surface area (Å²) in [7, 11) is 0. The molecule has 140 valence electrons. The predicted molar refractivity (Wildman–Crippen MR) is 78.8 cm³/mol. The molecular weight excluding hydrogens is 366 g/mol. The zero-order valence-corrected chi connectivity index (χ0v) is 12.9. The molecule has 0 saturated carbocycles. The number of halogens is 6. The zero-order valence-electron chi connectivity index (χ0n) is 12.9. The highest BCUT2D eigenvalue weighted by molar-refractivity contribution is 5.89. The zero-order chi connectivity index (χ0) is 19.4. The van der Waals surface area contributed by atoms with E-state index >= 15 is 0 Å². The van der Waals surface area contributed by atoms with Gasteiger partial charge in [0.1, 0.15) is 11.5 Å². The molecule has 2 atom stereocenters. The van der Waals surface area contributed by atoms with E-state index < -0.39 is 41.8 Å². The highest BCUT2D eigenvalue weighted by Gasteiger charge is 2.57. The van der Waals surface area contributed by atoms with Gasteiger partial charge in [0.15, 0.2) is 0 Å². The van der Waals surface area contributed by atoms with E-state index in [9.17, 15) is 31.1 Å². The maximum atomic E-state index is 13.2. The minimum Gasteiger partial charge on any atom is -0.473 e. The molecule has 26 heavy (non-hydrogen) atoms. The molecule has 0 aliphatic heterocycles. The molecule has 0 heterocycles. The van der Waals surface area contributed by atoms with E-state index in [2.05, 4.69) is 9.47 Å². The molecule has 2 rings (SSSR count). The molecule has 2 aromatic rings. The number of hydrogen-bond donors (Lipinski definition) is 0. The Bertz CT molecular complexity index is 651. The van der Waals surface area contributed by atoms with Crippen LogP contribution < -0.4 is 9.47 Å². The lowest BCUT2D eigenvalue weighted by Gasteiger charge is -2.26. The molecule has 0 bridgehead atoms. The van der Waals surface area contributed by atoms with E-state index in [0.717, 1.165) is 24.3 Å². The number of alkyl halides is 6. The Morgan fingerprint density at radius 1 is 0.654 bits per heavy atom. The highest BCUT2D eigenvalue weighted by atomic mass is 19.4. The lowest BCUT2D eigenvalue weighted by Crippen LogP contribution is -2.53. The van der Waals surface area contributed by atoms with E-state index in [-0.39, 0.29) is 0 Å². The maximum Gasteiger partial charge on any atom is 0.432 e. The molecular formula is C17H12F6O3. The van der Waals surface area contributed by atoms with Gasteiger partial charge in [-0.15, -0.1) is 0 Å². The van der Waals surface area contributed by atoms with Crippen LogP contribution in [0.25, 0.3) is 0 Å². The number of ether oxygens (including phenoxy) is 2. The molecule has 0 aromatic heterocycles. The second-order valence-corrected chi connectivity index (χ2v) is 5.11. The Labute approximate surface area is 144 Å². The van der Waals surface area contributed by atoms with Gasteiger partial charge >= 0.3 is 12.4 Å². The molecule has 2 unspecified atom stereocenters. The lowest BCUT2D eigenvalue weighted by atomic mass is 10.1. The molecule has 0 fully saturated rings. The molecule has 3 nitrogen and oxygen atoms in total. The first-order chi connectivity index (χ1) is 12.1. The first-order valence-corrected chi connectivity index (χ1v) is 7.19. The molecule has 0 amide bonds. The molecule has 0 saturated heterocycles. The maximum absolute atomic E-state index is 13.2. The lowest BCUT2D eigenvalue weighted by molar-refractivity contribution is -0.223. The van der Waals surface area contributed by atoms with Gasteiger partial charge in [-0.1, -0.05) is 36.4 Å². The van der Waals surface area contributed by atoms with E-state index in [0.29, 0.717) is 0 Å². The third kappa shape index (κ3) is 5.14. The smallest absolute Gasteiger partial charge is 0.432 e. The van der Waals surface area contributed by atoms with Gasteiger partial charge < -0.3 is 9.47 Å². The van der Waals surface area contributed by atoms with Crippen LogP contribution in [0, 0.1) is 0 Å². The number of carbonyl (C=O) groups excluding carboxylic acids is 1. The number of para-hydroxylation sites is 2. The van der Waals surface area contributed by atoms with E-state index in [4.69, 9.17) is 0 Å². The summed E-state index contributed by atoms with van der Waals surface area (Å²) in [6, 6.07) is 12.6. The van der Waals surface area contributed by atoms with Crippen LogP contribution >= 0.6 is 0 Å². The van der Waals surface area contributed by atoms with Crippen LogP contribution in [0.2, 0.25) is 0 Å². The van der Waals surface area contributed by atoms with Crippen molar-refractivity contribution in [1.29, 1.82) is 0 Å². The fourth-order valence-corrected chi connectivity index (χ4v) is 1.98. The van der Waals surface area contributed by atoms with Gasteiger partial charge in [0.25, 0.3) is 12.2 Å². The summed E-state index contributed by atoms with van der Waals surface area (Å²) >= 11 is 0. The third-order valence-electron chi connectivity index (χ3n) is 3.11. The quantitative estimate of drug-likeness (QED) is 0.691. The molecule has 0 N–H and O–H groups in total. The van der Waals surface area contributed by atoms with Gasteiger partial charge in [-0.05, 0) is 24.3 Å². The van der Waals surface area contributed by atoms with Gasteiger partial charge in [-0.3, -0.25) is 4.79 Å². The van der Waals surface area contributed by atoms with Gasteiger partial charge in [0.05, 0.1) is 0 Å². The van der Waals surface area contributed by atoms with Crippen molar-refractivity contribution in [2.45, 2.75) is 24.6 Å². The standard InChI is InChI=1S/C17H12F6O3/c18-16(19,20)14(25-11-7-3-1-4-8-11)13(24)15(17(21,22)23)26-12-9-5-2-6-10-12/h1-10,14-15H. The van der Waals surface area contributed by atoms with Crippen LogP contribution in [0.5, 0.6) is 11.5 Å². The van der Waals surface area contributed by atoms with Gasteiger partial charge in [0.2, 0.25) is 5.78 Å². The van der Waals surface area contributed by atoms with E-state index in [1.165, 1.54) is 36.4 Å². The Morgan fingerprint density at radius 3 is 1.23 bits per heavy atom. The monoisotopic (exact) mass is 378 g/mol. The van der Waals surface area contributed by atoms with Crippen molar-refractivity contribution in [3.63, 3.8) is 0 Å². The number of Topliss-reactive ketones (excluding diaryl/α,β-unsaturated/α-hetero) is 1. The fraction of sp³-hybridized carbons (Fsp3) is 0.235. The van der Waals surface area contributed by atoms with E-state index in [1.54, 1.807) is 0 Å². The first-order valence-electron chi connectivity index (χ1n) is 7.19. The number of carbonyl (C=O) groups is 1. The van der Waals surface area contributed by atoms with Crippen LogP contribution in [0.4, 0.5) is 26.3 Å². The number of rotatable bonds is 6. The van der Waals surface area contributed by atoms with Crippen LogP contribution in [-0.2, 0) is 4.79 Å². The Morgan fingerprint density at radius 2 is 0.962 bits per heavy atom. The molecule has 9 heteroatoms. The van der Waals surface area contributed by atoms with Gasteiger partial charge in [-0.2, -0.15) is 26.3 Å². The van der Waals surface area contributed by atoms with Crippen molar-refractivity contribution in [2.75, 3.05) is 0 Å². The average Bonchev–Trinajstić information content (AvgIpc) is 2.57. The van der Waals surface area contributed by atoms with Crippen molar-refractivity contribution in [1.82, 2.24) is 0 Å². The van der Waals surface area contributed by atoms with Crippen molar-refractivity contribution in [3.8, 4) is 11.5 Å². The number of benzene rings is 2. The van der Waals surface area contributed by atoms with Crippen molar-refractivity contribution in [2.24, 2.45) is 0 Å². The minimum atomic E-state index is -5.36. The largest absolute Gasteiger partial charge is 0.473 e. The summed E-state index contributed by atoms with van der Waals surface area (Å²) in [6.07, 6.45) is -17.4.